The van der Waals surface area contributed by atoms with Crippen LogP contribution in [0.4, 0.5) is 0 Å². The first-order chi connectivity index (χ1) is 13.9. The minimum atomic E-state index is 0.649. The quantitative estimate of drug-likeness (QED) is 0.125. The van der Waals surface area contributed by atoms with Crippen LogP contribution in [0.1, 0.15) is 110 Å². The lowest BCUT2D eigenvalue weighted by Crippen LogP contribution is -2.10. The van der Waals surface area contributed by atoms with Gasteiger partial charge < -0.3 is 14.2 Å². The van der Waals surface area contributed by atoms with Gasteiger partial charge in [-0.05, 0) is 6.42 Å². The lowest BCUT2D eigenvalue weighted by atomic mass is 10.0. The fourth-order valence-electron chi connectivity index (χ4n) is 3.36. The first kappa shape index (κ1) is 28.2. The second-order valence-corrected chi connectivity index (χ2v) is 8.31. The van der Waals surface area contributed by atoms with Crippen LogP contribution >= 0.6 is 12.6 Å². The molecule has 0 atom stereocenters. The van der Waals surface area contributed by atoms with Crippen LogP contribution < -0.4 is 0 Å². The molecule has 0 heterocycles. The van der Waals surface area contributed by atoms with E-state index < -0.39 is 0 Å². The molecule has 3 nitrogen and oxygen atoms in total. The Morgan fingerprint density at radius 1 is 0.393 bits per heavy atom. The molecule has 0 aromatic carbocycles. The minimum absolute atomic E-state index is 0.649. The molecule has 0 bridgehead atoms. The molecule has 0 amide bonds. The highest BCUT2D eigenvalue weighted by atomic mass is 32.1. The fraction of sp³-hybridized carbons (Fsp3) is 1.00. The first-order valence-electron chi connectivity index (χ1n) is 12.3. The van der Waals surface area contributed by atoms with Gasteiger partial charge in [0.05, 0.1) is 33.0 Å². The Kier molecular flexibility index (Phi) is 27.5. The lowest BCUT2D eigenvalue weighted by molar-refractivity contribution is 0.0167. The van der Waals surface area contributed by atoms with Crippen LogP contribution in [-0.2, 0) is 14.2 Å². The molecule has 0 aromatic rings. The Balaban J connectivity index is 2.96. The molecule has 0 aliphatic carbocycles. The van der Waals surface area contributed by atoms with Crippen LogP contribution in [0.25, 0.3) is 0 Å². The summed E-state index contributed by atoms with van der Waals surface area (Å²) in [5.74, 6) is 0.766. The van der Waals surface area contributed by atoms with Crippen molar-refractivity contribution in [1.82, 2.24) is 0 Å². The molecule has 0 radical (unpaired) electrons. The third-order valence-electron chi connectivity index (χ3n) is 5.12. The summed E-state index contributed by atoms with van der Waals surface area (Å²) in [4.78, 5) is 0. The van der Waals surface area contributed by atoms with Crippen molar-refractivity contribution >= 4 is 12.6 Å². The zero-order valence-electron chi connectivity index (χ0n) is 18.9. The van der Waals surface area contributed by atoms with Crippen molar-refractivity contribution in [3.8, 4) is 0 Å². The smallest absolute Gasteiger partial charge is 0.0701 e. The summed E-state index contributed by atoms with van der Waals surface area (Å²) in [5.41, 5.74) is 0. The zero-order valence-corrected chi connectivity index (χ0v) is 19.8. The van der Waals surface area contributed by atoms with E-state index in [0.717, 1.165) is 12.4 Å². The average Bonchev–Trinajstić information content (AvgIpc) is 2.71. The second-order valence-electron chi connectivity index (χ2n) is 7.86. The summed E-state index contributed by atoms with van der Waals surface area (Å²) in [6.07, 6.45) is 22.5. The minimum Gasteiger partial charge on any atom is -0.379 e. The molecule has 28 heavy (non-hydrogen) atoms. The highest BCUT2D eigenvalue weighted by Crippen LogP contribution is 2.13. The van der Waals surface area contributed by atoms with Crippen molar-refractivity contribution < 1.29 is 14.2 Å². The van der Waals surface area contributed by atoms with E-state index in [2.05, 4.69) is 19.6 Å². The normalized spacial score (nSPS) is 11.4. The molecule has 0 aliphatic heterocycles. The van der Waals surface area contributed by atoms with E-state index >= 15 is 0 Å². The maximum absolute atomic E-state index is 5.60. The molecule has 0 spiro atoms. The molecule has 170 valence electrons. The summed E-state index contributed by atoms with van der Waals surface area (Å²) in [5, 5.41) is 0. The van der Waals surface area contributed by atoms with Crippen LogP contribution in [-0.4, -0.2) is 45.4 Å². The number of unbranched alkanes of at least 4 members (excludes halogenated alkanes) is 15. The van der Waals surface area contributed by atoms with E-state index in [1.165, 1.54) is 103 Å². The molecule has 0 saturated carbocycles. The molecular formula is C24H50O3S. The third kappa shape index (κ3) is 26.2. The molecule has 0 aromatic heterocycles. The number of rotatable bonds is 25. The zero-order chi connectivity index (χ0) is 20.4. The standard InChI is InChI=1S/C24H50O3S/c1-2-3-4-5-6-7-8-9-10-11-12-13-14-15-16-17-18-25-19-20-26-21-22-27-23-24-28/h28H,2-24H2,1H3. The SMILES string of the molecule is CCCCCCCCCCCCCCCCCCOCCOCCOCCS. The van der Waals surface area contributed by atoms with Crippen LogP contribution in [0.3, 0.4) is 0 Å². The van der Waals surface area contributed by atoms with Crippen LogP contribution in [0.15, 0.2) is 0 Å². The second kappa shape index (κ2) is 27.2. The highest BCUT2D eigenvalue weighted by Gasteiger charge is 1.95. The van der Waals surface area contributed by atoms with Crippen LogP contribution in [0, 0.1) is 0 Å². The largest absolute Gasteiger partial charge is 0.379 e. The highest BCUT2D eigenvalue weighted by molar-refractivity contribution is 7.80. The fourth-order valence-corrected chi connectivity index (χ4v) is 3.49. The van der Waals surface area contributed by atoms with Gasteiger partial charge in [-0.3, -0.25) is 0 Å². The Morgan fingerprint density at radius 2 is 0.714 bits per heavy atom. The predicted octanol–water partition coefficient (Wildman–Crippen LogP) is 7.23. The van der Waals surface area contributed by atoms with Gasteiger partial charge in [0.25, 0.3) is 0 Å². The van der Waals surface area contributed by atoms with Gasteiger partial charge in [-0.2, -0.15) is 12.6 Å². The van der Waals surface area contributed by atoms with Gasteiger partial charge >= 0.3 is 0 Å². The van der Waals surface area contributed by atoms with Gasteiger partial charge in [-0.25, -0.2) is 0 Å². The monoisotopic (exact) mass is 418 g/mol. The van der Waals surface area contributed by atoms with Gasteiger partial charge in [0.2, 0.25) is 0 Å². The van der Waals surface area contributed by atoms with Crippen molar-refractivity contribution in [3.05, 3.63) is 0 Å². The van der Waals surface area contributed by atoms with E-state index in [4.69, 9.17) is 14.2 Å². The van der Waals surface area contributed by atoms with Crippen molar-refractivity contribution in [2.45, 2.75) is 110 Å². The molecule has 0 saturated heterocycles. The van der Waals surface area contributed by atoms with E-state index in [1.807, 2.05) is 0 Å². The molecular weight excluding hydrogens is 368 g/mol. The number of hydrogen-bond acceptors (Lipinski definition) is 4. The molecule has 0 rings (SSSR count). The molecule has 0 N–H and O–H groups in total. The van der Waals surface area contributed by atoms with Crippen molar-refractivity contribution in [1.29, 1.82) is 0 Å². The predicted molar refractivity (Wildman–Crippen MR) is 126 cm³/mol. The van der Waals surface area contributed by atoms with Crippen molar-refractivity contribution in [3.63, 3.8) is 0 Å². The van der Waals surface area contributed by atoms with Crippen LogP contribution in [0.2, 0.25) is 0 Å². The van der Waals surface area contributed by atoms with Gasteiger partial charge in [0.1, 0.15) is 0 Å². The summed E-state index contributed by atoms with van der Waals surface area (Å²) in [6.45, 7) is 6.53. The van der Waals surface area contributed by atoms with Crippen LogP contribution in [0.5, 0.6) is 0 Å². The molecule has 0 unspecified atom stereocenters. The van der Waals surface area contributed by atoms with E-state index in [0.29, 0.717) is 33.0 Å². The Morgan fingerprint density at radius 3 is 1.11 bits per heavy atom. The van der Waals surface area contributed by atoms with Crippen molar-refractivity contribution in [2.75, 3.05) is 45.4 Å². The summed E-state index contributed by atoms with van der Waals surface area (Å²) in [6, 6.07) is 0. The van der Waals surface area contributed by atoms with Gasteiger partial charge in [-0.15, -0.1) is 0 Å². The van der Waals surface area contributed by atoms with E-state index in [1.54, 1.807) is 0 Å². The maximum Gasteiger partial charge on any atom is 0.0701 e. The lowest BCUT2D eigenvalue weighted by Gasteiger charge is -2.06. The Labute approximate surface area is 182 Å². The van der Waals surface area contributed by atoms with E-state index in [-0.39, 0.29) is 0 Å². The molecule has 4 heteroatoms. The summed E-state index contributed by atoms with van der Waals surface area (Å²) < 4.78 is 16.3. The molecule has 0 aliphatic rings. The topological polar surface area (TPSA) is 27.7 Å². The number of hydrogen-bond donors (Lipinski definition) is 1. The Bertz CT molecular complexity index is 238. The van der Waals surface area contributed by atoms with Gasteiger partial charge in [0, 0.05) is 12.4 Å². The molecule has 0 fully saturated rings. The number of ether oxygens (including phenoxy) is 3. The first-order valence-corrected chi connectivity index (χ1v) is 12.9. The Hall–Kier alpha value is 0.230. The van der Waals surface area contributed by atoms with Crippen molar-refractivity contribution in [2.24, 2.45) is 0 Å². The maximum atomic E-state index is 5.60. The third-order valence-corrected chi connectivity index (χ3v) is 5.30. The summed E-state index contributed by atoms with van der Waals surface area (Å²) in [7, 11) is 0. The van der Waals surface area contributed by atoms with Gasteiger partial charge in [-0.1, -0.05) is 103 Å². The summed E-state index contributed by atoms with van der Waals surface area (Å²) >= 11 is 4.09. The number of thiol groups is 1. The van der Waals surface area contributed by atoms with E-state index in [9.17, 15) is 0 Å². The van der Waals surface area contributed by atoms with Gasteiger partial charge in [0.15, 0.2) is 0 Å². The average molecular weight is 419 g/mol.